The van der Waals surface area contributed by atoms with Crippen molar-refractivity contribution in [2.24, 2.45) is 0 Å². The lowest BCUT2D eigenvalue weighted by Crippen LogP contribution is -2.42. The summed E-state index contributed by atoms with van der Waals surface area (Å²) in [5.41, 5.74) is 1.04. The van der Waals surface area contributed by atoms with Crippen LogP contribution in [0.4, 0.5) is 0 Å². The highest BCUT2D eigenvalue weighted by Gasteiger charge is 2.26. The number of amides is 1. The third kappa shape index (κ3) is 6.81. The summed E-state index contributed by atoms with van der Waals surface area (Å²) in [6.45, 7) is 2.75. The van der Waals surface area contributed by atoms with Gasteiger partial charge in [0.2, 0.25) is 15.9 Å². The molecule has 2 aromatic rings. The van der Waals surface area contributed by atoms with E-state index in [0.29, 0.717) is 13.0 Å². The molecule has 0 radical (unpaired) electrons. The number of sulfonamides is 1. The predicted molar refractivity (Wildman–Crippen MR) is 108 cm³/mol. The van der Waals surface area contributed by atoms with Gasteiger partial charge in [-0.2, -0.15) is 4.31 Å². The zero-order valence-corrected chi connectivity index (χ0v) is 16.6. The summed E-state index contributed by atoms with van der Waals surface area (Å²) in [5, 5.41) is 2.82. The monoisotopic (exact) mass is 388 g/mol. The summed E-state index contributed by atoms with van der Waals surface area (Å²) in [5.74, 6) is -0.265. The average Bonchev–Trinajstić information content (AvgIpc) is 2.70. The summed E-state index contributed by atoms with van der Waals surface area (Å²) in [7, 11) is -3.73. The Balaban J connectivity index is 2.09. The van der Waals surface area contributed by atoms with Gasteiger partial charge in [0.25, 0.3) is 0 Å². The van der Waals surface area contributed by atoms with Crippen molar-refractivity contribution in [3.8, 4) is 0 Å². The summed E-state index contributed by atoms with van der Waals surface area (Å²) in [4.78, 5) is 12.5. The molecular weight excluding hydrogens is 360 g/mol. The number of nitrogens with zero attached hydrogens (tertiary/aromatic N) is 1. The number of rotatable bonds is 11. The number of nitrogens with one attached hydrogen (secondary N) is 1. The number of unbranched alkanes of at least 4 members (excludes halogenated alkanes) is 2. The van der Waals surface area contributed by atoms with Crippen LogP contribution in [-0.4, -0.2) is 38.3 Å². The fraction of sp³-hybridized carbons (Fsp3) is 0.381. The first-order chi connectivity index (χ1) is 13.0. The van der Waals surface area contributed by atoms with Crippen molar-refractivity contribution in [1.82, 2.24) is 9.62 Å². The average molecular weight is 389 g/mol. The second-order valence-corrected chi connectivity index (χ2v) is 8.38. The predicted octanol–water partition coefficient (Wildman–Crippen LogP) is 3.23. The molecule has 1 N–H and O–H groups in total. The number of carbonyl (C=O) groups excluding carboxylic acids is 1. The van der Waals surface area contributed by atoms with Crippen molar-refractivity contribution in [2.45, 2.75) is 37.5 Å². The second-order valence-electron chi connectivity index (χ2n) is 6.44. The van der Waals surface area contributed by atoms with Crippen molar-refractivity contribution in [2.75, 3.05) is 19.6 Å². The Morgan fingerprint density at radius 1 is 0.963 bits per heavy atom. The van der Waals surface area contributed by atoms with E-state index in [1.54, 1.807) is 30.3 Å². The van der Waals surface area contributed by atoms with E-state index in [2.05, 4.69) is 12.2 Å². The molecule has 0 spiro atoms. The fourth-order valence-electron chi connectivity index (χ4n) is 2.74. The zero-order valence-electron chi connectivity index (χ0n) is 15.8. The maximum atomic E-state index is 13.0. The van der Waals surface area contributed by atoms with Gasteiger partial charge in [0.1, 0.15) is 0 Å². The Bertz CT molecular complexity index is 793. The van der Waals surface area contributed by atoms with Crippen LogP contribution in [0.15, 0.2) is 65.6 Å². The van der Waals surface area contributed by atoms with Gasteiger partial charge in [-0.25, -0.2) is 8.42 Å². The van der Waals surface area contributed by atoms with E-state index in [9.17, 15) is 13.2 Å². The molecule has 5 nitrogen and oxygen atoms in total. The van der Waals surface area contributed by atoms with E-state index in [0.717, 1.165) is 24.8 Å². The summed E-state index contributed by atoms with van der Waals surface area (Å²) < 4.78 is 27.3. The van der Waals surface area contributed by atoms with Crippen molar-refractivity contribution < 1.29 is 13.2 Å². The lowest BCUT2D eigenvalue weighted by Gasteiger charge is -2.22. The summed E-state index contributed by atoms with van der Waals surface area (Å²) in [6.07, 6.45) is 3.56. The second kappa shape index (κ2) is 10.8. The molecule has 0 atom stereocenters. The number of hydrogen-bond acceptors (Lipinski definition) is 3. The Morgan fingerprint density at radius 3 is 2.22 bits per heavy atom. The maximum Gasteiger partial charge on any atom is 0.243 e. The first-order valence-corrected chi connectivity index (χ1v) is 10.8. The molecule has 2 aromatic carbocycles. The van der Waals surface area contributed by atoms with Crippen LogP contribution >= 0.6 is 0 Å². The van der Waals surface area contributed by atoms with Crippen LogP contribution in [0.3, 0.4) is 0 Å². The Hall–Kier alpha value is -2.18. The van der Waals surface area contributed by atoms with Crippen molar-refractivity contribution in [3.05, 3.63) is 66.2 Å². The van der Waals surface area contributed by atoms with Gasteiger partial charge in [-0.15, -0.1) is 0 Å². The van der Waals surface area contributed by atoms with E-state index >= 15 is 0 Å². The number of hydrogen-bond donors (Lipinski definition) is 1. The molecule has 146 valence electrons. The Morgan fingerprint density at radius 2 is 1.59 bits per heavy atom. The normalized spacial score (nSPS) is 11.5. The van der Waals surface area contributed by atoms with Gasteiger partial charge in [-0.05, 0) is 30.5 Å². The molecule has 0 aliphatic carbocycles. The molecule has 27 heavy (non-hydrogen) atoms. The van der Waals surface area contributed by atoms with Gasteiger partial charge in [0.05, 0.1) is 11.4 Å². The SMILES string of the molecule is CCCCCNC(=O)CN(CCc1ccccc1)S(=O)(=O)c1ccccc1. The molecular formula is C21H28N2O3S. The van der Waals surface area contributed by atoms with Gasteiger partial charge in [0.15, 0.2) is 0 Å². The molecule has 0 unspecified atom stereocenters. The third-order valence-corrected chi connectivity index (χ3v) is 6.16. The topological polar surface area (TPSA) is 66.5 Å². The van der Waals surface area contributed by atoms with Gasteiger partial charge in [0, 0.05) is 13.1 Å². The van der Waals surface area contributed by atoms with E-state index < -0.39 is 10.0 Å². The molecule has 6 heteroatoms. The third-order valence-electron chi connectivity index (χ3n) is 4.30. The standard InChI is InChI=1S/C21H28N2O3S/c1-2-3-10-16-22-21(24)18-23(17-15-19-11-6-4-7-12-19)27(25,26)20-13-8-5-9-14-20/h4-9,11-14H,2-3,10,15-18H2,1H3,(H,22,24). The van der Waals surface area contributed by atoms with Crippen LogP contribution in [0.25, 0.3) is 0 Å². The highest BCUT2D eigenvalue weighted by atomic mass is 32.2. The molecule has 0 bridgehead atoms. The lowest BCUT2D eigenvalue weighted by molar-refractivity contribution is -0.121. The largest absolute Gasteiger partial charge is 0.355 e. The smallest absolute Gasteiger partial charge is 0.243 e. The van der Waals surface area contributed by atoms with Gasteiger partial charge in [-0.3, -0.25) is 4.79 Å². The van der Waals surface area contributed by atoms with Crippen LogP contribution in [0.2, 0.25) is 0 Å². The Kier molecular flexibility index (Phi) is 8.48. The highest BCUT2D eigenvalue weighted by Crippen LogP contribution is 2.16. The number of carbonyl (C=O) groups is 1. The van der Waals surface area contributed by atoms with Crippen molar-refractivity contribution in [1.29, 1.82) is 0 Å². The Labute approximate surface area is 162 Å². The zero-order chi connectivity index (χ0) is 19.5. The van der Waals surface area contributed by atoms with Crippen LogP contribution < -0.4 is 5.32 Å². The van der Waals surface area contributed by atoms with E-state index in [1.807, 2.05) is 30.3 Å². The minimum atomic E-state index is -3.73. The minimum absolute atomic E-state index is 0.170. The molecule has 0 fully saturated rings. The molecule has 0 aromatic heterocycles. The first kappa shape index (κ1) is 21.1. The highest BCUT2D eigenvalue weighted by molar-refractivity contribution is 7.89. The van der Waals surface area contributed by atoms with Gasteiger partial charge < -0.3 is 5.32 Å². The van der Waals surface area contributed by atoms with Crippen LogP contribution in [-0.2, 0) is 21.2 Å². The minimum Gasteiger partial charge on any atom is -0.355 e. The van der Waals surface area contributed by atoms with Crippen molar-refractivity contribution in [3.63, 3.8) is 0 Å². The van der Waals surface area contributed by atoms with Crippen LogP contribution in [0.1, 0.15) is 31.7 Å². The summed E-state index contributed by atoms with van der Waals surface area (Å²) >= 11 is 0. The quantitative estimate of drug-likeness (QED) is 0.601. The summed E-state index contributed by atoms with van der Waals surface area (Å²) in [6, 6.07) is 17.9. The van der Waals surface area contributed by atoms with Gasteiger partial charge >= 0.3 is 0 Å². The van der Waals surface area contributed by atoms with Crippen LogP contribution in [0.5, 0.6) is 0 Å². The molecule has 0 aliphatic rings. The van der Waals surface area contributed by atoms with E-state index in [4.69, 9.17) is 0 Å². The molecule has 0 heterocycles. The van der Waals surface area contributed by atoms with E-state index in [1.165, 1.54) is 4.31 Å². The van der Waals surface area contributed by atoms with Crippen molar-refractivity contribution >= 4 is 15.9 Å². The number of benzene rings is 2. The molecule has 0 saturated heterocycles. The van der Waals surface area contributed by atoms with E-state index in [-0.39, 0.29) is 23.9 Å². The maximum absolute atomic E-state index is 13.0. The van der Waals surface area contributed by atoms with Crippen LogP contribution in [0, 0.1) is 0 Å². The fourth-order valence-corrected chi connectivity index (χ4v) is 4.16. The molecule has 0 saturated carbocycles. The molecule has 1 amide bonds. The molecule has 0 aliphatic heterocycles. The van der Waals surface area contributed by atoms with Gasteiger partial charge in [-0.1, -0.05) is 68.3 Å². The first-order valence-electron chi connectivity index (χ1n) is 9.40. The lowest BCUT2D eigenvalue weighted by atomic mass is 10.1. The molecule has 2 rings (SSSR count).